The maximum Gasteiger partial charge on any atom is 0.471 e. The molecule has 1 aliphatic rings. The number of aromatic nitrogens is 2. The molecule has 0 aliphatic heterocycles. The molecule has 8 heteroatoms. The lowest BCUT2D eigenvalue weighted by Crippen LogP contribution is -2.21. The highest BCUT2D eigenvalue weighted by Gasteiger charge is 2.44. The van der Waals surface area contributed by atoms with Gasteiger partial charge in [0.25, 0.3) is 0 Å². The SMILES string of the molecule is CC1(C(=O)Nc2ccc(-c3noc(C(F)(F)F)n3)cc2)CC1. The van der Waals surface area contributed by atoms with Crippen molar-refractivity contribution in [3.05, 3.63) is 30.2 Å². The van der Waals surface area contributed by atoms with Crippen LogP contribution in [0.25, 0.3) is 11.4 Å². The summed E-state index contributed by atoms with van der Waals surface area (Å²) in [6.07, 6.45) is -2.95. The summed E-state index contributed by atoms with van der Waals surface area (Å²) in [6.45, 7) is 1.88. The summed E-state index contributed by atoms with van der Waals surface area (Å²) in [5, 5.41) is 6.07. The average Bonchev–Trinajstić information content (AvgIpc) is 3.02. The summed E-state index contributed by atoms with van der Waals surface area (Å²) < 4.78 is 41.4. The van der Waals surface area contributed by atoms with Crippen molar-refractivity contribution in [1.29, 1.82) is 0 Å². The van der Waals surface area contributed by atoms with E-state index in [0.29, 0.717) is 11.3 Å². The number of halogens is 3. The van der Waals surface area contributed by atoms with Crippen LogP contribution in [0.1, 0.15) is 25.7 Å². The van der Waals surface area contributed by atoms with Crippen molar-refractivity contribution in [3.63, 3.8) is 0 Å². The lowest BCUT2D eigenvalue weighted by atomic mass is 10.1. The highest BCUT2D eigenvalue weighted by molar-refractivity contribution is 5.96. The molecule has 1 N–H and O–H groups in total. The van der Waals surface area contributed by atoms with E-state index < -0.39 is 12.1 Å². The Hall–Kier alpha value is -2.38. The Balaban J connectivity index is 1.74. The number of carbonyl (C=O) groups is 1. The monoisotopic (exact) mass is 311 g/mol. The zero-order chi connectivity index (χ0) is 16.0. The molecule has 2 aromatic rings. The van der Waals surface area contributed by atoms with Crippen LogP contribution in [0.2, 0.25) is 0 Å². The molecule has 3 rings (SSSR count). The smallest absolute Gasteiger partial charge is 0.329 e. The van der Waals surface area contributed by atoms with Gasteiger partial charge in [-0.2, -0.15) is 18.2 Å². The molecule has 1 amide bonds. The van der Waals surface area contributed by atoms with Crippen LogP contribution in [0.15, 0.2) is 28.8 Å². The molecule has 0 saturated heterocycles. The molecule has 1 heterocycles. The molecule has 116 valence electrons. The molecular weight excluding hydrogens is 299 g/mol. The van der Waals surface area contributed by atoms with Crippen molar-refractivity contribution in [3.8, 4) is 11.4 Å². The first-order valence-electron chi connectivity index (χ1n) is 6.61. The predicted octanol–water partition coefficient (Wildman–Crippen LogP) is 3.49. The Kier molecular flexibility index (Phi) is 3.19. The Bertz CT molecular complexity index is 703. The Morgan fingerprint density at radius 3 is 2.41 bits per heavy atom. The number of benzene rings is 1. The van der Waals surface area contributed by atoms with Gasteiger partial charge in [-0.05, 0) is 37.1 Å². The van der Waals surface area contributed by atoms with Gasteiger partial charge < -0.3 is 9.84 Å². The van der Waals surface area contributed by atoms with Gasteiger partial charge in [0.05, 0.1) is 0 Å². The van der Waals surface area contributed by atoms with Crippen LogP contribution in [-0.4, -0.2) is 16.0 Å². The number of nitrogens with one attached hydrogen (secondary N) is 1. The molecule has 1 aliphatic carbocycles. The second kappa shape index (κ2) is 4.82. The molecule has 5 nitrogen and oxygen atoms in total. The molecule has 1 aromatic heterocycles. The van der Waals surface area contributed by atoms with Crippen molar-refractivity contribution >= 4 is 11.6 Å². The predicted molar refractivity (Wildman–Crippen MR) is 70.7 cm³/mol. The number of hydrogen-bond donors (Lipinski definition) is 1. The minimum Gasteiger partial charge on any atom is -0.329 e. The maximum absolute atomic E-state index is 12.4. The molecule has 0 spiro atoms. The van der Waals surface area contributed by atoms with Gasteiger partial charge in [0.1, 0.15) is 0 Å². The van der Waals surface area contributed by atoms with E-state index in [1.54, 1.807) is 12.1 Å². The first-order chi connectivity index (χ1) is 10.3. The van der Waals surface area contributed by atoms with E-state index in [0.717, 1.165) is 12.8 Å². The van der Waals surface area contributed by atoms with E-state index in [-0.39, 0.29) is 17.1 Å². The van der Waals surface area contributed by atoms with Crippen LogP contribution < -0.4 is 5.32 Å². The molecule has 0 radical (unpaired) electrons. The van der Waals surface area contributed by atoms with Crippen molar-refractivity contribution in [2.45, 2.75) is 25.9 Å². The van der Waals surface area contributed by atoms with Gasteiger partial charge in [-0.1, -0.05) is 12.1 Å². The third-order valence-electron chi connectivity index (χ3n) is 3.62. The Morgan fingerprint density at radius 1 is 1.27 bits per heavy atom. The van der Waals surface area contributed by atoms with E-state index in [2.05, 4.69) is 20.0 Å². The summed E-state index contributed by atoms with van der Waals surface area (Å²) in [6, 6.07) is 6.22. The molecule has 0 atom stereocenters. The Labute approximate surface area is 123 Å². The molecule has 1 aromatic carbocycles. The third-order valence-corrected chi connectivity index (χ3v) is 3.62. The van der Waals surface area contributed by atoms with Crippen molar-refractivity contribution in [1.82, 2.24) is 10.1 Å². The molecule has 0 bridgehead atoms. The molecule has 1 saturated carbocycles. The highest BCUT2D eigenvalue weighted by atomic mass is 19.4. The number of carbonyl (C=O) groups excluding carboxylic acids is 1. The van der Waals surface area contributed by atoms with Gasteiger partial charge >= 0.3 is 12.1 Å². The number of alkyl halides is 3. The largest absolute Gasteiger partial charge is 0.471 e. The normalized spacial score (nSPS) is 16.4. The fourth-order valence-electron chi connectivity index (χ4n) is 1.86. The van der Waals surface area contributed by atoms with Gasteiger partial charge in [0.15, 0.2) is 0 Å². The average molecular weight is 311 g/mol. The van der Waals surface area contributed by atoms with Gasteiger partial charge in [-0.15, -0.1) is 0 Å². The number of nitrogens with zero attached hydrogens (tertiary/aromatic N) is 2. The molecular formula is C14H12F3N3O2. The minimum absolute atomic E-state index is 0.0563. The van der Waals surface area contributed by atoms with Crippen molar-refractivity contribution < 1.29 is 22.5 Å². The first kappa shape index (κ1) is 14.6. The quantitative estimate of drug-likeness (QED) is 0.942. The molecule has 0 unspecified atom stereocenters. The van der Waals surface area contributed by atoms with E-state index >= 15 is 0 Å². The lowest BCUT2D eigenvalue weighted by Gasteiger charge is -2.09. The fourth-order valence-corrected chi connectivity index (χ4v) is 1.86. The van der Waals surface area contributed by atoms with Gasteiger partial charge in [-0.3, -0.25) is 4.79 Å². The second-order valence-electron chi connectivity index (χ2n) is 5.51. The lowest BCUT2D eigenvalue weighted by molar-refractivity contribution is -0.159. The van der Waals surface area contributed by atoms with E-state index in [4.69, 9.17) is 0 Å². The highest BCUT2D eigenvalue weighted by Crippen LogP contribution is 2.45. The number of anilines is 1. The topological polar surface area (TPSA) is 68.0 Å². The van der Waals surface area contributed by atoms with Crippen LogP contribution in [0.3, 0.4) is 0 Å². The number of hydrogen-bond acceptors (Lipinski definition) is 4. The second-order valence-corrected chi connectivity index (χ2v) is 5.51. The van der Waals surface area contributed by atoms with Crippen molar-refractivity contribution in [2.24, 2.45) is 5.41 Å². The van der Waals surface area contributed by atoms with E-state index in [9.17, 15) is 18.0 Å². The van der Waals surface area contributed by atoms with E-state index in [1.807, 2.05) is 6.92 Å². The summed E-state index contributed by atoms with van der Waals surface area (Å²) in [5.74, 6) is -1.60. The zero-order valence-corrected chi connectivity index (χ0v) is 11.6. The number of amides is 1. The summed E-state index contributed by atoms with van der Waals surface area (Å²) in [4.78, 5) is 15.2. The third kappa shape index (κ3) is 2.81. The first-order valence-corrected chi connectivity index (χ1v) is 6.61. The van der Waals surface area contributed by atoms with Gasteiger partial charge in [0, 0.05) is 16.7 Å². The minimum atomic E-state index is -4.67. The molecule has 1 fully saturated rings. The van der Waals surface area contributed by atoms with E-state index in [1.165, 1.54) is 12.1 Å². The molecule has 22 heavy (non-hydrogen) atoms. The van der Waals surface area contributed by atoms with Crippen LogP contribution in [0, 0.1) is 5.41 Å². The Morgan fingerprint density at radius 2 is 1.91 bits per heavy atom. The zero-order valence-electron chi connectivity index (χ0n) is 11.6. The fraction of sp³-hybridized carbons (Fsp3) is 0.357. The van der Waals surface area contributed by atoms with Crippen molar-refractivity contribution in [2.75, 3.05) is 5.32 Å². The summed E-state index contributed by atoms with van der Waals surface area (Å²) >= 11 is 0. The standard InChI is InChI=1S/C14H12F3N3O2/c1-13(6-7-13)11(21)18-9-4-2-8(3-5-9)10-19-12(22-20-10)14(15,16)17/h2-5H,6-7H2,1H3,(H,18,21). The maximum atomic E-state index is 12.4. The van der Waals surface area contributed by atoms with Crippen LogP contribution in [0.4, 0.5) is 18.9 Å². The number of rotatable bonds is 3. The van der Waals surface area contributed by atoms with Crippen LogP contribution >= 0.6 is 0 Å². The van der Waals surface area contributed by atoms with Gasteiger partial charge in [0.2, 0.25) is 11.7 Å². The van der Waals surface area contributed by atoms with Gasteiger partial charge in [-0.25, -0.2) is 0 Å². The summed E-state index contributed by atoms with van der Waals surface area (Å²) in [5.41, 5.74) is 0.643. The van der Waals surface area contributed by atoms with Crippen LogP contribution in [0.5, 0.6) is 0 Å². The summed E-state index contributed by atoms with van der Waals surface area (Å²) in [7, 11) is 0. The van der Waals surface area contributed by atoms with Crippen LogP contribution in [-0.2, 0) is 11.0 Å².